The van der Waals surface area contributed by atoms with Gasteiger partial charge >= 0.3 is 0 Å². The highest BCUT2D eigenvalue weighted by Crippen LogP contribution is 2.37. The molecule has 1 aliphatic heterocycles. The summed E-state index contributed by atoms with van der Waals surface area (Å²) in [6.07, 6.45) is 4.10. The Balaban J connectivity index is 1.93. The average molecular weight is 287 g/mol. The molecular weight excluding hydrogens is 266 g/mol. The van der Waals surface area contributed by atoms with Gasteiger partial charge in [0.1, 0.15) is 0 Å². The molecule has 1 N–H and O–H groups in total. The predicted octanol–water partition coefficient (Wildman–Crippen LogP) is 3.16. The third-order valence-corrected chi connectivity index (χ3v) is 4.94. The molecule has 0 amide bonds. The molecule has 0 spiro atoms. The van der Waals surface area contributed by atoms with E-state index >= 15 is 0 Å². The van der Waals surface area contributed by atoms with Gasteiger partial charge in [0.15, 0.2) is 0 Å². The zero-order chi connectivity index (χ0) is 13.9. The summed E-state index contributed by atoms with van der Waals surface area (Å²) in [5.41, 5.74) is 5.45. The van der Waals surface area contributed by atoms with Crippen molar-refractivity contribution in [1.29, 1.82) is 0 Å². The molecule has 2 aromatic heterocycles. The predicted molar refractivity (Wildman–Crippen MR) is 85.6 cm³/mol. The second-order valence-electron chi connectivity index (χ2n) is 5.33. The normalized spacial score (nSPS) is 15.4. The second-order valence-corrected chi connectivity index (χ2v) is 6.07. The largest absolute Gasteiger partial charge is 0.363 e. The van der Waals surface area contributed by atoms with Crippen LogP contribution in [-0.4, -0.2) is 25.1 Å². The van der Waals surface area contributed by atoms with E-state index in [2.05, 4.69) is 39.0 Å². The Hall–Kier alpha value is -1.39. The molecule has 3 heterocycles. The van der Waals surface area contributed by atoms with Crippen molar-refractivity contribution in [2.75, 3.05) is 25.0 Å². The molecule has 0 saturated heterocycles. The first-order valence-electron chi connectivity index (χ1n) is 7.19. The summed E-state index contributed by atoms with van der Waals surface area (Å²) in [6.45, 7) is 4.33. The van der Waals surface area contributed by atoms with Crippen molar-refractivity contribution in [3.05, 3.63) is 45.9 Å². The van der Waals surface area contributed by atoms with E-state index in [0.29, 0.717) is 6.04 Å². The quantitative estimate of drug-likeness (QED) is 0.915. The third kappa shape index (κ3) is 2.45. The Labute approximate surface area is 124 Å². The molecule has 0 saturated carbocycles. The lowest BCUT2D eigenvalue weighted by atomic mass is 10.0. The maximum absolute atomic E-state index is 4.52. The molecule has 0 radical (unpaired) electrons. The minimum Gasteiger partial charge on any atom is -0.363 e. The Morgan fingerprint density at radius 2 is 2.35 bits per heavy atom. The molecule has 1 aliphatic rings. The molecule has 1 atom stereocenters. The third-order valence-electron chi connectivity index (χ3n) is 4.06. The maximum Gasteiger partial charge on any atom is 0.0654 e. The average Bonchev–Trinajstić information content (AvgIpc) is 3.07. The summed E-state index contributed by atoms with van der Waals surface area (Å²) in [6, 6.07) is 4.72. The van der Waals surface area contributed by atoms with Crippen LogP contribution in [-0.2, 0) is 6.42 Å². The zero-order valence-corrected chi connectivity index (χ0v) is 12.9. The van der Waals surface area contributed by atoms with Crippen molar-refractivity contribution in [1.82, 2.24) is 10.3 Å². The van der Waals surface area contributed by atoms with Gasteiger partial charge in [-0.05, 0) is 61.0 Å². The summed E-state index contributed by atoms with van der Waals surface area (Å²) in [4.78, 5) is 7.06. The Kier molecular flexibility index (Phi) is 4.03. The second kappa shape index (κ2) is 5.94. The number of hydrogen-bond acceptors (Lipinski definition) is 4. The lowest BCUT2D eigenvalue weighted by Crippen LogP contribution is -2.29. The topological polar surface area (TPSA) is 28.2 Å². The highest BCUT2D eigenvalue weighted by molar-refractivity contribution is 7.08. The molecule has 0 bridgehead atoms. The molecular formula is C16H21N3S. The molecule has 0 fully saturated rings. The molecule has 20 heavy (non-hydrogen) atoms. The summed E-state index contributed by atoms with van der Waals surface area (Å²) in [7, 11) is 2.02. The lowest BCUT2D eigenvalue weighted by Gasteiger charge is -2.30. The van der Waals surface area contributed by atoms with E-state index in [1.807, 2.05) is 19.3 Å². The number of anilines is 1. The van der Waals surface area contributed by atoms with Crippen LogP contribution in [0.15, 0.2) is 29.1 Å². The van der Waals surface area contributed by atoms with Crippen LogP contribution in [0, 0.1) is 6.92 Å². The van der Waals surface area contributed by atoms with Crippen LogP contribution in [0.4, 0.5) is 5.69 Å². The number of thiophene rings is 1. The fourth-order valence-corrected chi connectivity index (χ4v) is 3.92. The van der Waals surface area contributed by atoms with Gasteiger partial charge in [0.05, 0.1) is 17.4 Å². The summed E-state index contributed by atoms with van der Waals surface area (Å²) in [5.74, 6) is 0. The van der Waals surface area contributed by atoms with Gasteiger partial charge in [-0.25, -0.2) is 0 Å². The first-order chi connectivity index (χ1) is 9.81. The fraction of sp³-hybridized carbons (Fsp3) is 0.438. The molecule has 4 heteroatoms. The van der Waals surface area contributed by atoms with Gasteiger partial charge in [0.2, 0.25) is 0 Å². The number of aromatic nitrogens is 1. The first kappa shape index (κ1) is 13.6. The van der Waals surface area contributed by atoms with Crippen molar-refractivity contribution in [2.24, 2.45) is 0 Å². The van der Waals surface area contributed by atoms with Crippen LogP contribution in [0.3, 0.4) is 0 Å². The van der Waals surface area contributed by atoms with Gasteiger partial charge in [-0.15, -0.1) is 0 Å². The number of nitrogens with one attached hydrogen (secondary N) is 1. The van der Waals surface area contributed by atoms with Crippen LogP contribution in [0.25, 0.3) is 0 Å². The van der Waals surface area contributed by atoms with Crippen LogP contribution in [0.1, 0.15) is 29.3 Å². The number of hydrogen-bond donors (Lipinski definition) is 1. The van der Waals surface area contributed by atoms with Crippen LogP contribution < -0.4 is 10.2 Å². The van der Waals surface area contributed by atoms with E-state index in [1.54, 1.807) is 11.3 Å². The van der Waals surface area contributed by atoms with Crippen molar-refractivity contribution in [3.63, 3.8) is 0 Å². The molecule has 3 rings (SSSR count). The van der Waals surface area contributed by atoms with Gasteiger partial charge < -0.3 is 10.2 Å². The molecule has 0 unspecified atom stereocenters. The van der Waals surface area contributed by atoms with Crippen LogP contribution >= 0.6 is 11.3 Å². The monoisotopic (exact) mass is 287 g/mol. The number of nitrogens with zero attached hydrogens (tertiary/aromatic N) is 2. The standard InChI is InChI=1S/C16H21N3S/c1-12-10-20-11-13(12)15(5-8-17-2)19-9-6-14-16(19)4-3-7-18-14/h3-4,7,10-11,15,17H,5-6,8-9H2,1-2H3/t15-/m1/s1. The van der Waals surface area contributed by atoms with Gasteiger partial charge in [-0.2, -0.15) is 11.3 Å². The van der Waals surface area contributed by atoms with E-state index in [4.69, 9.17) is 0 Å². The van der Waals surface area contributed by atoms with Gasteiger partial charge in [0, 0.05) is 19.2 Å². The van der Waals surface area contributed by atoms with E-state index in [0.717, 1.165) is 25.9 Å². The summed E-state index contributed by atoms with van der Waals surface area (Å²) in [5, 5.41) is 7.85. The van der Waals surface area contributed by atoms with Crippen molar-refractivity contribution < 1.29 is 0 Å². The highest BCUT2D eigenvalue weighted by Gasteiger charge is 2.28. The van der Waals surface area contributed by atoms with Gasteiger partial charge in [-0.3, -0.25) is 4.98 Å². The Bertz CT molecular complexity index is 579. The number of rotatable bonds is 5. The summed E-state index contributed by atoms with van der Waals surface area (Å²) >= 11 is 1.81. The Morgan fingerprint density at radius 3 is 3.10 bits per heavy atom. The maximum atomic E-state index is 4.52. The molecule has 2 aromatic rings. The number of fused-ring (bicyclic) bond motifs is 1. The smallest absolute Gasteiger partial charge is 0.0654 e. The van der Waals surface area contributed by atoms with E-state index in [9.17, 15) is 0 Å². The van der Waals surface area contributed by atoms with E-state index in [1.165, 1.54) is 22.5 Å². The minimum atomic E-state index is 0.458. The van der Waals surface area contributed by atoms with E-state index in [-0.39, 0.29) is 0 Å². The van der Waals surface area contributed by atoms with Crippen molar-refractivity contribution >= 4 is 17.0 Å². The molecule has 0 aliphatic carbocycles. The SMILES string of the molecule is CNCC[C@H](c1cscc1C)N1CCc2ncccc21. The molecule has 106 valence electrons. The summed E-state index contributed by atoms with van der Waals surface area (Å²) < 4.78 is 0. The van der Waals surface area contributed by atoms with Crippen molar-refractivity contribution in [3.8, 4) is 0 Å². The van der Waals surface area contributed by atoms with Gasteiger partial charge in [-0.1, -0.05) is 0 Å². The molecule has 3 nitrogen and oxygen atoms in total. The van der Waals surface area contributed by atoms with Crippen molar-refractivity contribution in [2.45, 2.75) is 25.8 Å². The highest BCUT2D eigenvalue weighted by atomic mass is 32.1. The Morgan fingerprint density at radius 1 is 1.45 bits per heavy atom. The van der Waals surface area contributed by atoms with Crippen LogP contribution in [0.5, 0.6) is 0 Å². The fourth-order valence-electron chi connectivity index (χ4n) is 3.03. The number of pyridine rings is 1. The van der Waals surface area contributed by atoms with E-state index < -0.39 is 0 Å². The number of aryl methyl sites for hydroxylation is 1. The first-order valence-corrected chi connectivity index (χ1v) is 8.13. The van der Waals surface area contributed by atoms with Gasteiger partial charge in [0.25, 0.3) is 0 Å². The lowest BCUT2D eigenvalue weighted by molar-refractivity contribution is 0.568. The zero-order valence-electron chi connectivity index (χ0n) is 12.1. The molecule has 0 aromatic carbocycles. The minimum absolute atomic E-state index is 0.458. The van der Waals surface area contributed by atoms with Crippen LogP contribution in [0.2, 0.25) is 0 Å².